The van der Waals surface area contributed by atoms with E-state index in [1.54, 1.807) is 0 Å². The molecular formula is C11H22O4S. The standard InChI is InChI=1S/C11H22O4S/c12-11(9-16(13,14)15)8-10-6-4-2-1-3-5-7-10/h10-12H,1-9H2,(H,13,14,15). The van der Waals surface area contributed by atoms with Gasteiger partial charge in [0.25, 0.3) is 10.1 Å². The molecule has 2 N–H and O–H groups in total. The first-order valence-corrected chi connectivity index (χ1v) is 7.71. The van der Waals surface area contributed by atoms with Crippen molar-refractivity contribution in [3.8, 4) is 0 Å². The summed E-state index contributed by atoms with van der Waals surface area (Å²) < 4.78 is 29.8. The molecule has 0 amide bonds. The lowest BCUT2D eigenvalue weighted by Gasteiger charge is -2.21. The first-order chi connectivity index (χ1) is 7.47. The van der Waals surface area contributed by atoms with Gasteiger partial charge in [-0.15, -0.1) is 0 Å². The molecule has 96 valence electrons. The highest BCUT2D eigenvalue weighted by Gasteiger charge is 2.19. The molecule has 0 aliphatic heterocycles. The van der Waals surface area contributed by atoms with Crippen molar-refractivity contribution in [1.29, 1.82) is 0 Å². The van der Waals surface area contributed by atoms with Crippen LogP contribution in [0, 0.1) is 5.92 Å². The quantitative estimate of drug-likeness (QED) is 0.748. The van der Waals surface area contributed by atoms with Crippen LogP contribution in [0.15, 0.2) is 0 Å². The molecule has 0 aromatic rings. The number of hydrogen-bond acceptors (Lipinski definition) is 3. The highest BCUT2D eigenvalue weighted by Crippen LogP contribution is 2.25. The second-order valence-corrected chi connectivity index (χ2v) is 6.35. The second-order valence-electron chi connectivity index (χ2n) is 4.85. The lowest BCUT2D eigenvalue weighted by molar-refractivity contribution is 0.151. The maximum absolute atomic E-state index is 10.6. The molecule has 0 aromatic heterocycles. The SMILES string of the molecule is O=S(=O)(O)CC(O)CC1CCCCCCC1. The zero-order chi connectivity index (χ0) is 12.0. The third-order valence-electron chi connectivity index (χ3n) is 3.23. The Morgan fingerprint density at radius 3 is 2.06 bits per heavy atom. The Labute approximate surface area is 97.8 Å². The number of hydrogen-bond donors (Lipinski definition) is 2. The van der Waals surface area contributed by atoms with E-state index < -0.39 is 22.0 Å². The van der Waals surface area contributed by atoms with E-state index in [4.69, 9.17) is 4.55 Å². The van der Waals surface area contributed by atoms with Gasteiger partial charge in [-0.3, -0.25) is 4.55 Å². The van der Waals surface area contributed by atoms with Crippen molar-refractivity contribution in [3.63, 3.8) is 0 Å². The molecule has 1 saturated carbocycles. The fourth-order valence-corrected chi connectivity index (χ4v) is 3.09. The fourth-order valence-electron chi connectivity index (χ4n) is 2.47. The Kier molecular flexibility index (Phi) is 5.72. The fraction of sp³-hybridized carbons (Fsp3) is 1.00. The third kappa shape index (κ3) is 6.45. The van der Waals surface area contributed by atoms with Crippen molar-refractivity contribution in [2.45, 2.75) is 57.5 Å². The average molecular weight is 250 g/mol. The summed E-state index contributed by atoms with van der Waals surface area (Å²) in [6.45, 7) is 0. The Hall–Kier alpha value is -0.130. The van der Waals surface area contributed by atoms with Gasteiger partial charge in [0, 0.05) is 0 Å². The summed E-state index contributed by atoms with van der Waals surface area (Å²) in [6, 6.07) is 0. The van der Waals surface area contributed by atoms with Gasteiger partial charge in [-0.25, -0.2) is 0 Å². The van der Waals surface area contributed by atoms with Crippen LogP contribution in [0.4, 0.5) is 0 Å². The summed E-state index contributed by atoms with van der Waals surface area (Å²) in [5, 5.41) is 9.56. The molecule has 16 heavy (non-hydrogen) atoms. The van der Waals surface area contributed by atoms with Gasteiger partial charge in [-0.05, 0) is 12.3 Å². The van der Waals surface area contributed by atoms with Gasteiger partial charge in [0.2, 0.25) is 0 Å². The monoisotopic (exact) mass is 250 g/mol. The van der Waals surface area contributed by atoms with E-state index >= 15 is 0 Å². The number of aliphatic hydroxyl groups is 1. The smallest absolute Gasteiger partial charge is 0.267 e. The minimum absolute atomic E-state index is 0.414. The molecular weight excluding hydrogens is 228 g/mol. The summed E-state index contributed by atoms with van der Waals surface area (Å²) in [6.07, 6.45) is 7.84. The van der Waals surface area contributed by atoms with Gasteiger partial charge < -0.3 is 5.11 Å². The van der Waals surface area contributed by atoms with Crippen molar-refractivity contribution in [1.82, 2.24) is 0 Å². The first kappa shape index (κ1) is 13.9. The lowest BCUT2D eigenvalue weighted by atomic mass is 9.87. The minimum Gasteiger partial charge on any atom is -0.392 e. The number of rotatable bonds is 4. The molecule has 0 aromatic carbocycles. The molecule has 4 nitrogen and oxygen atoms in total. The third-order valence-corrected chi connectivity index (χ3v) is 4.04. The van der Waals surface area contributed by atoms with Gasteiger partial charge >= 0.3 is 0 Å². The lowest BCUT2D eigenvalue weighted by Crippen LogP contribution is -2.23. The molecule has 0 spiro atoms. The Bertz CT molecular complexity index is 278. The van der Waals surface area contributed by atoms with Crippen molar-refractivity contribution in [2.75, 3.05) is 5.75 Å². The topological polar surface area (TPSA) is 74.6 Å². The van der Waals surface area contributed by atoms with Crippen LogP contribution >= 0.6 is 0 Å². The van der Waals surface area contributed by atoms with Crippen molar-refractivity contribution >= 4 is 10.1 Å². The Morgan fingerprint density at radius 1 is 1.06 bits per heavy atom. The molecule has 1 unspecified atom stereocenters. The Morgan fingerprint density at radius 2 is 1.56 bits per heavy atom. The molecule has 1 fully saturated rings. The van der Waals surface area contributed by atoms with Crippen LogP contribution < -0.4 is 0 Å². The summed E-state index contributed by atoms with van der Waals surface area (Å²) in [7, 11) is -4.04. The van der Waals surface area contributed by atoms with E-state index in [2.05, 4.69) is 0 Å². The second kappa shape index (κ2) is 6.57. The van der Waals surface area contributed by atoms with E-state index in [1.165, 1.54) is 32.1 Å². The normalized spacial score (nSPS) is 22.4. The summed E-state index contributed by atoms with van der Waals surface area (Å²) >= 11 is 0. The summed E-state index contributed by atoms with van der Waals surface area (Å²) in [4.78, 5) is 0. The van der Waals surface area contributed by atoms with Crippen LogP contribution in [0.25, 0.3) is 0 Å². The summed E-state index contributed by atoms with van der Waals surface area (Å²) in [5.74, 6) is -0.110. The summed E-state index contributed by atoms with van der Waals surface area (Å²) in [5.41, 5.74) is 0. The van der Waals surface area contributed by atoms with Gasteiger partial charge in [0.05, 0.1) is 6.10 Å². The molecule has 0 bridgehead atoms. The van der Waals surface area contributed by atoms with Crippen molar-refractivity contribution in [3.05, 3.63) is 0 Å². The largest absolute Gasteiger partial charge is 0.392 e. The zero-order valence-corrected chi connectivity index (χ0v) is 10.5. The van der Waals surface area contributed by atoms with Gasteiger partial charge in [-0.1, -0.05) is 44.9 Å². The van der Waals surface area contributed by atoms with E-state index in [0.29, 0.717) is 12.3 Å². The van der Waals surface area contributed by atoms with Crippen LogP contribution in [0.5, 0.6) is 0 Å². The first-order valence-electron chi connectivity index (χ1n) is 6.10. The predicted molar refractivity (Wildman–Crippen MR) is 62.8 cm³/mol. The molecule has 0 saturated heterocycles. The molecule has 1 aliphatic rings. The van der Waals surface area contributed by atoms with Crippen LogP contribution in [0.3, 0.4) is 0 Å². The van der Waals surface area contributed by atoms with Crippen LogP contribution in [0.1, 0.15) is 51.4 Å². The zero-order valence-electron chi connectivity index (χ0n) is 9.64. The molecule has 5 heteroatoms. The van der Waals surface area contributed by atoms with E-state index in [-0.39, 0.29) is 0 Å². The van der Waals surface area contributed by atoms with Crippen LogP contribution in [0.2, 0.25) is 0 Å². The van der Waals surface area contributed by atoms with E-state index in [0.717, 1.165) is 12.8 Å². The molecule has 1 atom stereocenters. The molecule has 0 radical (unpaired) electrons. The maximum Gasteiger partial charge on any atom is 0.267 e. The van der Waals surface area contributed by atoms with E-state index in [9.17, 15) is 13.5 Å². The predicted octanol–water partition coefficient (Wildman–Crippen LogP) is 1.99. The van der Waals surface area contributed by atoms with Crippen molar-refractivity contribution < 1.29 is 18.1 Å². The highest BCUT2D eigenvalue weighted by atomic mass is 32.2. The molecule has 1 aliphatic carbocycles. The van der Waals surface area contributed by atoms with Crippen molar-refractivity contribution in [2.24, 2.45) is 5.92 Å². The Balaban J connectivity index is 2.33. The molecule has 0 heterocycles. The van der Waals surface area contributed by atoms with Crippen LogP contribution in [-0.2, 0) is 10.1 Å². The van der Waals surface area contributed by atoms with Gasteiger partial charge in [0.15, 0.2) is 0 Å². The number of aliphatic hydroxyl groups excluding tert-OH is 1. The maximum atomic E-state index is 10.6. The van der Waals surface area contributed by atoms with Gasteiger partial charge in [0.1, 0.15) is 5.75 Å². The highest BCUT2D eigenvalue weighted by molar-refractivity contribution is 7.85. The van der Waals surface area contributed by atoms with Gasteiger partial charge in [-0.2, -0.15) is 8.42 Å². The van der Waals surface area contributed by atoms with Crippen LogP contribution in [-0.4, -0.2) is 29.9 Å². The average Bonchev–Trinajstić information content (AvgIpc) is 2.06. The molecule has 1 rings (SSSR count). The minimum atomic E-state index is -4.04. The van der Waals surface area contributed by atoms with E-state index in [1.807, 2.05) is 0 Å².